The maximum atomic E-state index is 12.0. The number of Topliss-reactive ketones (excluding diaryl/α,β-unsaturated/α-hetero) is 1. The van der Waals surface area contributed by atoms with Crippen molar-refractivity contribution in [3.8, 4) is 5.75 Å². The third-order valence-corrected chi connectivity index (χ3v) is 2.44. The number of ether oxygens (including phenoxy) is 1. The highest BCUT2D eigenvalue weighted by molar-refractivity contribution is 5.98. The number of ketones is 1. The van der Waals surface area contributed by atoms with E-state index in [2.05, 4.69) is 11.9 Å². The van der Waals surface area contributed by atoms with E-state index in [0.717, 1.165) is 0 Å². The van der Waals surface area contributed by atoms with E-state index in [1.165, 1.54) is 0 Å². The van der Waals surface area contributed by atoms with Crippen LogP contribution in [0, 0.1) is 5.92 Å². The Hall–Kier alpha value is -1.61. The molecule has 1 atom stereocenters. The molecule has 3 nitrogen and oxygen atoms in total. The zero-order valence-electron chi connectivity index (χ0n) is 10.4. The lowest BCUT2D eigenvalue weighted by Gasteiger charge is -2.10. The molecule has 0 saturated carbocycles. The Morgan fingerprint density at radius 3 is 3.00 bits per heavy atom. The van der Waals surface area contributed by atoms with Gasteiger partial charge in [0.1, 0.15) is 12.4 Å². The van der Waals surface area contributed by atoms with Crippen LogP contribution >= 0.6 is 0 Å². The van der Waals surface area contributed by atoms with Gasteiger partial charge in [-0.15, -0.1) is 0 Å². The lowest BCUT2D eigenvalue weighted by molar-refractivity contribution is 0.0929. The van der Waals surface area contributed by atoms with Crippen LogP contribution in [0.15, 0.2) is 36.9 Å². The molecule has 0 amide bonds. The summed E-state index contributed by atoms with van der Waals surface area (Å²) in [7, 11) is 1.84. The first-order valence-corrected chi connectivity index (χ1v) is 5.71. The highest BCUT2D eigenvalue weighted by Gasteiger charge is 2.14. The van der Waals surface area contributed by atoms with E-state index in [4.69, 9.17) is 4.74 Å². The molecule has 0 aromatic heterocycles. The van der Waals surface area contributed by atoms with Gasteiger partial charge in [0.05, 0.1) is 0 Å². The number of carbonyl (C=O) groups is 1. The molecule has 1 unspecified atom stereocenters. The van der Waals surface area contributed by atoms with Gasteiger partial charge in [0.15, 0.2) is 5.78 Å². The molecule has 92 valence electrons. The van der Waals surface area contributed by atoms with Crippen molar-refractivity contribution < 1.29 is 9.53 Å². The molecule has 0 spiro atoms. The first kappa shape index (κ1) is 13.5. The minimum absolute atomic E-state index is 0.0327. The highest BCUT2D eigenvalue weighted by atomic mass is 16.5. The van der Waals surface area contributed by atoms with Gasteiger partial charge >= 0.3 is 0 Å². The second-order valence-electron chi connectivity index (χ2n) is 3.95. The van der Waals surface area contributed by atoms with Crippen molar-refractivity contribution in [2.45, 2.75) is 6.92 Å². The quantitative estimate of drug-likeness (QED) is 0.580. The van der Waals surface area contributed by atoms with Gasteiger partial charge in [0.25, 0.3) is 0 Å². The van der Waals surface area contributed by atoms with Gasteiger partial charge in [0.2, 0.25) is 0 Å². The summed E-state index contributed by atoms with van der Waals surface area (Å²) < 4.78 is 5.40. The number of hydrogen-bond donors (Lipinski definition) is 1. The molecule has 0 bridgehead atoms. The molecule has 1 aromatic rings. The molecule has 0 fully saturated rings. The zero-order valence-corrected chi connectivity index (χ0v) is 10.4. The van der Waals surface area contributed by atoms with E-state index in [1.54, 1.807) is 12.1 Å². The van der Waals surface area contributed by atoms with Gasteiger partial charge in [-0.2, -0.15) is 0 Å². The van der Waals surface area contributed by atoms with Crippen molar-refractivity contribution in [2.75, 3.05) is 20.2 Å². The molecule has 0 aliphatic carbocycles. The average Bonchev–Trinajstić information content (AvgIpc) is 2.36. The van der Waals surface area contributed by atoms with Crippen LogP contribution in [0.25, 0.3) is 0 Å². The fraction of sp³-hybridized carbons (Fsp3) is 0.357. The molecule has 0 saturated heterocycles. The molecule has 1 rings (SSSR count). The molecular formula is C14H19NO2. The molecule has 17 heavy (non-hydrogen) atoms. The van der Waals surface area contributed by atoms with Gasteiger partial charge in [-0.05, 0) is 19.2 Å². The number of hydrogen-bond acceptors (Lipinski definition) is 3. The fourth-order valence-corrected chi connectivity index (χ4v) is 1.58. The third-order valence-electron chi connectivity index (χ3n) is 2.44. The van der Waals surface area contributed by atoms with Crippen LogP contribution in [-0.2, 0) is 0 Å². The minimum atomic E-state index is -0.0327. The van der Waals surface area contributed by atoms with Gasteiger partial charge < -0.3 is 10.1 Å². The van der Waals surface area contributed by atoms with Crippen LogP contribution in [0.2, 0.25) is 0 Å². The van der Waals surface area contributed by atoms with Gasteiger partial charge in [-0.3, -0.25) is 4.79 Å². The maximum Gasteiger partial charge on any atom is 0.167 e. The predicted octanol–water partition coefficient (Wildman–Crippen LogP) is 2.29. The largest absolute Gasteiger partial charge is 0.490 e. The van der Waals surface area contributed by atoms with E-state index in [-0.39, 0.29) is 11.7 Å². The molecule has 0 heterocycles. The molecule has 0 radical (unpaired) electrons. The Morgan fingerprint density at radius 2 is 2.35 bits per heavy atom. The highest BCUT2D eigenvalue weighted by Crippen LogP contribution is 2.16. The van der Waals surface area contributed by atoms with Crippen LogP contribution in [0.3, 0.4) is 0 Å². The number of benzene rings is 1. The van der Waals surface area contributed by atoms with Crippen LogP contribution in [0.4, 0.5) is 0 Å². The predicted molar refractivity (Wildman–Crippen MR) is 69.6 cm³/mol. The first-order chi connectivity index (χ1) is 8.19. The summed E-state index contributed by atoms with van der Waals surface area (Å²) in [6.07, 6.45) is 1.68. The Labute approximate surface area is 102 Å². The molecular weight excluding hydrogens is 214 g/mol. The number of nitrogens with one attached hydrogen (secondary N) is 1. The zero-order chi connectivity index (χ0) is 12.7. The van der Waals surface area contributed by atoms with E-state index in [1.807, 2.05) is 32.2 Å². The lowest BCUT2D eigenvalue weighted by atomic mass is 9.99. The van der Waals surface area contributed by atoms with E-state index >= 15 is 0 Å². The lowest BCUT2D eigenvalue weighted by Crippen LogP contribution is -2.23. The van der Waals surface area contributed by atoms with Crippen molar-refractivity contribution in [2.24, 2.45) is 5.92 Å². The van der Waals surface area contributed by atoms with E-state index < -0.39 is 0 Å². The smallest absolute Gasteiger partial charge is 0.167 e. The van der Waals surface area contributed by atoms with Gasteiger partial charge in [0, 0.05) is 18.0 Å². The molecule has 1 N–H and O–H groups in total. The third kappa shape index (κ3) is 4.04. The van der Waals surface area contributed by atoms with Crippen LogP contribution in [0.5, 0.6) is 5.75 Å². The SMILES string of the molecule is C=CCOc1cccc(C(=O)C(C)CNC)c1. The Morgan fingerprint density at radius 1 is 1.59 bits per heavy atom. The van der Waals surface area contributed by atoms with Crippen molar-refractivity contribution >= 4 is 5.78 Å². The van der Waals surface area contributed by atoms with Crippen molar-refractivity contribution in [1.82, 2.24) is 5.32 Å². The summed E-state index contributed by atoms with van der Waals surface area (Å²) >= 11 is 0. The van der Waals surface area contributed by atoms with Crippen LogP contribution in [0.1, 0.15) is 17.3 Å². The standard InChI is InChI=1S/C14H19NO2/c1-4-8-17-13-7-5-6-12(9-13)14(16)11(2)10-15-3/h4-7,9,11,15H,1,8,10H2,2-3H3. The molecule has 0 aliphatic heterocycles. The summed E-state index contributed by atoms with van der Waals surface area (Å²) in [6, 6.07) is 7.26. The number of carbonyl (C=O) groups excluding carboxylic acids is 1. The van der Waals surface area contributed by atoms with Gasteiger partial charge in [-0.1, -0.05) is 31.7 Å². The molecule has 1 aromatic carbocycles. The topological polar surface area (TPSA) is 38.3 Å². The van der Waals surface area contributed by atoms with Gasteiger partial charge in [-0.25, -0.2) is 0 Å². The van der Waals surface area contributed by atoms with Crippen molar-refractivity contribution in [3.63, 3.8) is 0 Å². The fourth-order valence-electron chi connectivity index (χ4n) is 1.58. The minimum Gasteiger partial charge on any atom is -0.490 e. The Kier molecular flexibility index (Phi) is 5.43. The summed E-state index contributed by atoms with van der Waals surface area (Å²) in [6.45, 7) is 6.62. The first-order valence-electron chi connectivity index (χ1n) is 5.71. The summed E-state index contributed by atoms with van der Waals surface area (Å²) in [5, 5.41) is 3.00. The second kappa shape index (κ2) is 6.86. The maximum absolute atomic E-state index is 12.0. The Bertz CT molecular complexity index is 388. The van der Waals surface area contributed by atoms with Crippen molar-refractivity contribution in [1.29, 1.82) is 0 Å². The second-order valence-corrected chi connectivity index (χ2v) is 3.95. The molecule has 3 heteroatoms. The Balaban J connectivity index is 2.76. The summed E-state index contributed by atoms with van der Waals surface area (Å²) in [5.74, 6) is 0.797. The number of rotatable bonds is 7. The average molecular weight is 233 g/mol. The normalized spacial score (nSPS) is 11.9. The summed E-state index contributed by atoms with van der Waals surface area (Å²) in [4.78, 5) is 12.0. The van der Waals surface area contributed by atoms with Crippen LogP contribution < -0.4 is 10.1 Å². The van der Waals surface area contributed by atoms with E-state index in [9.17, 15) is 4.79 Å². The molecule has 0 aliphatic rings. The van der Waals surface area contributed by atoms with E-state index in [0.29, 0.717) is 24.5 Å². The summed E-state index contributed by atoms with van der Waals surface area (Å²) in [5.41, 5.74) is 0.689. The van der Waals surface area contributed by atoms with Crippen molar-refractivity contribution in [3.05, 3.63) is 42.5 Å². The van der Waals surface area contributed by atoms with Crippen LogP contribution in [-0.4, -0.2) is 26.0 Å². The monoisotopic (exact) mass is 233 g/mol.